The van der Waals surface area contributed by atoms with Gasteiger partial charge >= 0.3 is 0 Å². The van der Waals surface area contributed by atoms with Gasteiger partial charge in [0.15, 0.2) is 0 Å². The number of nitrogens with zero attached hydrogens (tertiary/aromatic N) is 1. The number of sulfone groups is 1. The number of nitrogen functional groups attached to an aromatic ring is 1. The molecule has 0 atom stereocenters. The molecule has 0 heterocycles. The number of anilines is 1. The smallest absolute Gasteiger partial charge is 0.259 e. The van der Waals surface area contributed by atoms with E-state index >= 15 is 0 Å². The molecule has 1 amide bonds. The third kappa shape index (κ3) is 4.13. The van der Waals surface area contributed by atoms with Gasteiger partial charge in [-0.3, -0.25) is 4.79 Å². The van der Waals surface area contributed by atoms with E-state index in [4.69, 9.17) is 10.5 Å². The Bertz CT molecular complexity index is 569. The average molecular weight is 286 g/mol. The lowest BCUT2D eigenvalue weighted by atomic mass is 10.1. The SMILES string of the molecule is COc1cccc(N)c1C(=O)N(C)CCS(C)(=O)=O. The van der Waals surface area contributed by atoms with Crippen LogP contribution in [-0.2, 0) is 9.84 Å². The van der Waals surface area contributed by atoms with Crippen molar-refractivity contribution in [2.24, 2.45) is 0 Å². The van der Waals surface area contributed by atoms with Crippen molar-refractivity contribution in [2.45, 2.75) is 0 Å². The summed E-state index contributed by atoms with van der Waals surface area (Å²) in [4.78, 5) is 13.5. The van der Waals surface area contributed by atoms with Crippen LogP contribution in [0.2, 0.25) is 0 Å². The molecule has 0 fully saturated rings. The number of ether oxygens (including phenoxy) is 1. The molecule has 1 aromatic carbocycles. The van der Waals surface area contributed by atoms with Gasteiger partial charge in [-0.2, -0.15) is 0 Å². The molecule has 0 radical (unpaired) electrons. The quantitative estimate of drug-likeness (QED) is 0.791. The van der Waals surface area contributed by atoms with Gasteiger partial charge in [-0.15, -0.1) is 0 Å². The van der Waals surface area contributed by atoms with Crippen LogP contribution in [0.15, 0.2) is 18.2 Å². The number of carbonyl (C=O) groups is 1. The Labute approximate surface area is 113 Å². The van der Waals surface area contributed by atoms with Gasteiger partial charge in [-0.1, -0.05) is 6.07 Å². The van der Waals surface area contributed by atoms with Crippen molar-refractivity contribution < 1.29 is 17.9 Å². The summed E-state index contributed by atoms with van der Waals surface area (Å²) in [6.45, 7) is 0.106. The highest BCUT2D eigenvalue weighted by Crippen LogP contribution is 2.25. The maximum atomic E-state index is 12.2. The topological polar surface area (TPSA) is 89.7 Å². The van der Waals surface area contributed by atoms with Crippen LogP contribution in [0.1, 0.15) is 10.4 Å². The second-order valence-corrected chi connectivity index (χ2v) is 6.54. The Morgan fingerprint density at radius 1 is 1.42 bits per heavy atom. The van der Waals surface area contributed by atoms with Crippen molar-refractivity contribution >= 4 is 21.4 Å². The molecule has 0 saturated carbocycles. The highest BCUT2D eigenvalue weighted by Gasteiger charge is 2.20. The first-order valence-corrected chi connectivity index (χ1v) is 7.68. The van der Waals surface area contributed by atoms with Crippen molar-refractivity contribution in [3.63, 3.8) is 0 Å². The molecule has 0 spiro atoms. The Kier molecular flexibility index (Phi) is 4.77. The molecule has 106 valence electrons. The Morgan fingerprint density at radius 2 is 2.05 bits per heavy atom. The van der Waals surface area contributed by atoms with Crippen LogP contribution < -0.4 is 10.5 Å². The van der Waals surface area contributed by atoms with E-state index in [9.17, 15) is 13.2 Å². The number of benzene rings is 1. The maximum absolute atomic E-state index is 12.2. The molecule has 1 aromatic rings. The lowest BCUT2D eigenvalue weighted by Gasteiger charge is -2.19. The molecule has 2 N–H and O–H groups in total. The van der Waals surface area contributed by atoms with E-state index in [1.807, 2.05) is 0 Å². The average Bonchev–Trinajstić information content (AvgIpc) is 2.33. The number of rotatable bonds is 5. The van der Waals surface area contributed by atoms with E-state index < -0.39 is 9.84 Å². The lowest BCUT2D eigenvalue weighted by molar-refractivity contribution is 0.0801. The minimum absolute atomic E-state index is 0.0930. The van der Waals surface area contributed by atoms with Crippen molar-refractivity contribution in [1.82, 2.24) is 4.90 Å². The third-order valence-corrected chi connectivity index (χ3v) is 3.56. The highest BCUT2D eigenvalue weighted by molar-refractivity contribution is 7.90. The largest absolute Gasteiger partial charge is 0.496 e. The van der Waals surface area contributed by atoms with Gasteiger partial charge < -0.3 is 15.4 Å². The zero-order chi connectivity index (χ0) is 14.6. The van der Waals surface area contributed by atoms with Crippen molar-refractivity contribution in [3.05, 3.63) is 23.8 Å². The lowest BCUT2D eigenvalue weighted by Crippen LogP contribution is -2.32. The summed E-state index contributed by atoms with van der Waals surface area (Å²) in [5, 5.41) is 0. The Morgan fingerprint density at radius 3 is 2.58 bits per heavy atom. The number of carbonyl (C=O) groups excluding carboxylic acids is 1. The number of hydrogen-bond donors (Lipinski definition) is 1. The molecule has 6 nitrogen and oxygen atoms in total. The molecular weight excluding hydrogens is 268 g/mol. The van der Waals surface area contributed by atoms with E-state index in [0.717, 1.165) is 6.26 Å². The zero-order valence-corrected chi connectivity index (χ0v) is 12.0. The van der Waals surface area contributed by atoms with Gasteiger partial charge in [0.05, 0.1) is 12.9 Å². The van der Waals surface area contributed by atoms with Gasteiger partial charge in [0.25, 0.3) is 5.91 Å². The number of nitrogens with two attached hydrogens (primary N) is 1. The minimum Gasteiger partial charge on any atom is -0.496 e. The summed E-state index contributed by atoms with van der Waals surface area (Å²) in [5.41, 5.74) is 6.32. The van der Waals surface area contributed by atoms with Gasteiger partial charge in [0.1, 0.15) is 21.2 Å². The van der Waals surface area contributed by atoms with Crippen molar-refractivity contribution in [3.8, 4) is 5.75 Å². The molecule has 0 saturated heterocycles. The summed E-state index contributed by atoms with van der Waals surface area (Å²) in [7, 11) is -0.143. The van der Waals surface area contributed by atoms with E-state index in [2.05, 4.69) is 0 Å². The van der Waals surface area contributed by atoms with Crippen LogP contribution in [0.4, 0.5) is 5.69 Å². The van der Waals surface area contributed by atoms with E-state index in [1.165, 1.54) is 19.1 Å². The standard InChI is InChI=1S/C12H18N2O4S/c1-14(7-8-19(3,16)17)12(15)11-9(13)5-4-6-10(11)18-2/h4-6H,7-8,13H2,1-3H3. The summed E-state index contributed by atoms with van der Waals surface area (Å²) in [6, 6.07) is 4.91. The number of methoxy groups -OCH3 is 1. The van der Waals surface area contributed by atoms with Gasteiger partial charge in [0.2, 0.25) is 0 Å². The first-order chi connectivity index (χ1) is 8.76. The Balaban J connectivity index is 2.94. The zero-order valence-electron chi connectivity index (χ0n) is 11.2. The molecule has 0 bridgehead atoms. The van der Waals surface area contributed by atoms with Crippen molar-refractivity contribution in [2.75, 3.05) is 38.4 Å². The fourth-order valence-corrected chi connectivity index (χ4v) is 2.15. The normalized spacial score (nSPS) is 11.1. The molecule has 0 aromatic heterocycles. The summed E-state index contributed by atoms with van der Waals surface area (Å²) in [5.74, 6) is -0.0839. The van der Waals surface area contributed by atoms with Crippen LogP contribution in [0, 0.1) is 0 Å². The van der Waals surface area contributed by atoms with E-state index in [1.54, 1.807) is 18.2 Å². The molecule has 1 rings (SSSR count). The second kappa shape index (κ2) is 5.92. The van der Waals surface area contributed by atoms with Crippen LogP contribution in [0.25, 0.3) is 0 Å². The predicted octanol–water partition coefficient (Wildman–Crippen LogP) is 0.394. The van der Waals surface area contributed by atoms with Gasteiger partial charge in [-0.05, 0) is 12.1 Å². The first kappa shape index (κ1) is 15.3. The third-order valence-electron chi connectivity index (χ3n) is 2.64. The second-order valence-electron chi connectivity index (χ2n) is 4.28. The monoisotopic (exact) mass is 286 g/mol. The van der Waals surface area contributed by atoms with Crippen LogP contribution in [0.3, 0.4) is 0 Å². The molecular formula is C12H18N2O4S. The first-order valence-electron chi connectivity index (χ1n) is 5.62. The molecule has 0 aliphatic rings. The fraction of sp³-hybridized carbons (Fsp3) is 0.417. The molecule has 0 aliphatic heterocycles. The van der Waals surface area contributed by atoms with E-state index in [0.29, 0.717) is 11.4 Å². The molecule has 0 unspecified atom stereocenters. The summed E-state index contributed by atoms with van der Waals surface area (Å²) in [6.07, 6.45) is 1.13. The van der Waals surface area contributed by atoms with Crippen LogP contribution >= 0.6 is 0 Å². The van der Waals surface area contributed by atoms with Crippen molar-refractivity contribution in [1.29, 1.82) is 0 Å². The predicted molar refractivity (Wildman–Crippen MR) is 74.1 cm³/mol. The molecule has 19 heavy (non-hydrogen) atoms. The summed E-state index contributed by atoms with van der Waals surface area (Å²) >= 11 is 0. The van der Waals surface area contributed by atoms with Crippen LogP contribution in [0.5, 0.6) is 5.75 Å². The molecule has 0 aliphatic carbocycles. The maximum Gasteiger partial charge on any atom is 0.259 e. The Hall–Kier alpha value is -1.76. The highest BCUT2D eigenvalue weighted by atomic mass is 32.2. The minimum atomic E-state index is -3.12. The van der Waals surface area contributed by atoms with Crippen LogP contribution in [-0.4, -0.2) is 51.9 Å². The summed E-state index contributed by atoms with van der Waals surface area (Å²) < 4.78 is 27.3. The van der Waals surface area contributed by atoms with Gasteiger partial charge in [0, 0.05) is 25.5 Å². The molecule has 7 heteroatoms. The number of hydrogen-bond acceptors (Lipinski definition) is 5. The van der Waals surface area contributed by atoms with E-state index in [-0.39, 0.29) is 23.8 Å². The number of amides is 1. The fourth-order valence-electron chi connectivity index (χ4n) is 1.54. The van der Waals surface area contributed by atoms with Gasteiger partial charge in [-0.25, -0.2) is 8.42 Å².